The maximum Gasteiger partial charge on any atom is 0.238 e. The molecule has 0 spiro atoms. The Balaban J connectivity index is 2.11. The number of aryl methyl sites for hydroxylation is 3. The highest BCUT2D eigenvalue weighted by molar-refractivity contribution is 7.81. The Morgan fingerprint density at radius 3 is 2.06 bits per heavy atom. The van der Waals surface area contributed by atoms with Crippen molar-refractivity contribution >= 4 is 34.3 Å². The number of pyridine rings is 1. The highest BCUT2D eigenvalue weighted by Gasteiger charge is 2.21. The van der Waals surface area contributed by atoms with Crippen molar-refractivity contribution in [1.29, 1.82) is 0 Å². The van der Waals surface area contributed by atoms with Crippen LogP contribution in [0.1, 0.15) is 48.6 Å². The SMILES string of the molecule is Cc1ccc[n+](/C(C(=S)Nc2c(C)cccc2C)=C(/[O-])c2ccc(C(C)(C)C)cc2)c1. The topological polar surface area (TPSA) is 39.0 Å². The normalized spacial score (nSPS) is 12.3. The van der Waals surface area contributed by atoms with Gasteiger partial charge < -0.3 is 10.4 Å². The number of para-hydroxylation sites is 1. The Morgan fingerprint density at radius 2 is 1.52 bits per heavy atom. The number of nitrogens with zero attached hydrogens (tertiary/aromatic N) is 1. The molecule has 0 saturated heterocycles. The molecule has 0 fully saturated rings. The van der Waals surface area contributed by atoms with E-state index in [2.05, 4.69) is 26.1 Å². The Morgan fingerprint density at radius 1 is 0.903 bits per heavy atom. The summed E-state index contributed by atoms with van der Waals surface area (Å²) in [5.41, 5.74) is 6.41. The molecule has 0 aliphatic rings. The standard InChI is InChI=1S/C27H30N2OS/c1-18-9-8-16-29(17-18)24(26(31)28-23-19(2)10-7-11-20(23)3)25(30)21-12-14-22(15-13-21)27(4,5)6/h7-17H,1-6H3,(H-,28,30,31). The third-order valence-corrected chi connectivity index (χ3v) is 5.67. The van der Waals surface area contributed by atoms with Gasteiger partial charge in [0.25, 0.3) is 0 Å². The average Bonchev–Trinajstić information content (AvgIpc) is 2.70. The van der Waals surface area contributed by atoms with Crippen LogP contribution in [-0.4, -0.2) is 4.99 Å². The zero-order chi connectivity index (χ0) is 22.8. The molecule has 1 aromatic heterocycles. The molecule has 0 atom stereocenters. The van der Waals surface area contributed by atoms with Crippen molar-refractivity contribution in [2.24, 2.45) is 0 Å². The van der Waals surface area contributed by atoms with E-state index in [4.69, 9.17) is 12.2 Å². The van der Waals surface area contributed by atoms with Crippen LogP contribution in [0.4, 0.5) is 5.69 Å². The first-order valence-corrected chi connectivity index (χ1v) is 10.9. The van der Waals surface area contributed by atoms with E-state index >= 15 is 0 Å². The van der Waals surface area contributed by atoms with Crippen molar-refractivity contribution in [2.75, 3.05) is 5.32 Å². The Hall–Kier alpha value is -2.98. The van der Waals surface area contributed by atoms with Crippen molar-refractivity contribution in [3.8, 4) is 0 Å². The van der Waals surface area contributed by atoms with Gasteiger partial charge in [0.1, 0.15) is 0 Å². The minimum Gasteiger partial charge on any atom is -0.867 e. The maximum absolute atomic E-state index is 13.6. The minimum absolute atomic E-state index is 0.0264. The molecule has 4 heteroatoms. The van der Waals surface area contributed by atoms with Crippen molar-refractivity contribution < 1.29 is 9.67 Å². The lowest BCUT2D eigenvalue weighted by atomic mass is 9.86. The Labute approximate surface area is 191 Å². The molecule has 2 aromatic carbocycles. The smallest absolute Gasteiger partial charge is 0.238 e. The molecule has 31 heavy (non-hydrogen) atoms. The first-order chi connectivity index (χ1) is 14.6. The molecule has 0 aliphatic heterocycles. The van der Waals surface area contributed by atoms with Crippen molar-refractivity contribution in [3.63, 3.8) is 0 Å². The highest BCUT2D eigenvalue weighted by Crippen LogP contribution is 2.25. The van der Waals surface area contributed by atoms with Crippen LogP contribution in [0.5, 0.6) is 0 Å². The summed E-state index contributed by atoms with van der Waals surface area (Å²) in [6, 6.07) is 17.8. The van der Waals surface area contributed by atoms with Crippen LogP contribution in [0.2, 0.25) is 0 Å². The van der Waals surface area contributed by atoms with Crippen LogP contribution in [0.25, 0.3) is 11.5 Å². The minimum atomic E-state index is -0.111. The van der Waals surface area contributed by atoms with E-state index in [9.17, 15) is 5.11 Å². The summed E-state index contributed by atoms with van der Waals surface area (Å²) in [4.78, 5) is 0.401. The number of thiocarbonyl (C=S) groups is 1. The highest BCUT2D eigenvalue weighted by atomic mass is 32.1. The molecule has 0 radical (unpaired) electrons. The Bertz CT molecular complexity index is 1120. The summed E-state index contributed by atoms with van der Waals surface area (Å²) < 4.78 is 1.82. The quantitative estimate of drug-likeness (QED) is 0.263. The van der Waals surface area contributed by atoms with Crippen LogP contribution in [0, 0.1) is 20.8 Å². The van der Waals surface area contributed by atoms with Gasteiger partial charge in [-0.2, -0.15) is 4.57 Å². The number of anilines is 1. The third kappa shape index (κ3) is 5.20. The van der Waals surface area contributed by atoms with E-state index in [1.54, 1.807) is 0 Å². The molecule has 160 valence electrons. The number of nitrogens with one attached hydrogen (secondary N) is 1. The molecular formula is C27H30N2OS. The number of aromatic nitrogens is 1. The summed E-state index contributed by atoms with van der Waals surface area (Å²) >= 11 is 5.77. The van der Waals surface area contributed by atoms with Gasteiger partial charge in [-0.05, 0) is 60.3 Å². The number of hydrogen-bond donors (Lipinski definition) is 1. The lowest BCUT2D eigenvalue weighted by molar-refractivity contribution is -0.578. The molecule has 1 N–H and O–H groups in total. The van der Waals surface area contributed by atoms with E-state index in [1.807, 2.05) is 92.3 Å². The fraction of sp³-hybridized carbons (Fsp3) is 0.259. The van der Waals surface area contributed by atoms with E-state index in [0.29, 0.717) is 16.2 Å². The Kier molecular flexibility index (Phi) is 6.61. The van der Waals surface area contributed by atoms with Crippen LogP contribution < -0.4 is 15.0 Å². The number of rotatable bonds is 4. The summed E-state index contributed by atoms with van der Waals surface area (Å²) in [5, 5.41) is 17.0. The molecular weight excluding hydrogens is 400 g/mol. The molecule has 0 bridgehead atoms. The summed E-state index contributed by atoms with van der Waals surface area (Å²) in [5.74, 6) is -0.111. The van der Waals surface area contributed by atoms with E-state index < -0.39 is 0 Å². The number of benzene rings is 2. The molecule has 0 aliphatic carbocycles. The van der Waals surface area contributed by atoms with Crippen molar-refractivity contribution in [3.05, 3.63) is 94.8 Å². The van der Waals surface area contributed by atoms with Gasteiger partial charge in [0.2, 0.25) is 5.70 Å². The van der Waals surface area contributed by atoms with Crippen LogP contribution in [-0.2, 0) is 5.41 Å². The van der Waals surface area contributed by atoms with E-state index in [1.165, 1.54) is 5.56 Å². The lowest BCUT2D eigenvalue weighted by Gasteiger charge is -2.21. The predicted molar refractivity (Wildman–Crippen MR) is 132 cm³/mol. The molecule has 0 amide bonds. The summed E-state index contributed by atoms with van der Waals surface area (Å²) in [6.07, 6.45) is 3.79. The monoisotopic (exact) mass is 430 g/mol. The second-order valence-electron chi connectivity index (χ2n) is 9.01. The van der Waals surface area contributed by atoms with Crippen LogP contribution in [0.3, 0.4) is 0 Å². The van der Waals surface area contributed by atoms with Crippen molar-refractivity contribution in [2.45, 2.75) is 47.0 Å². The molecule has 1 heterocycles. The van der Waals surface area contributed by atoms with Gasteiger partial charge in [0.05, 0.1) is 0 Å². The zero-order valence-electron chi connectivity index (χ0n) is 19.1. The predicted octanol–water partition coefficient (Wildman–Crippen LogP) is 5.32. The third-order valence-electron chi connectivity index (χ3n) is 5.37. The van der Waals surface area contributed by atoms with E-state index in [0.717, 1.165) is 22.4 Å². The summed E-state index contributed by atoms with van der Waals surface area (Å²) in [6.45, 7) is 12.5. The van der Waals surface area contributed by atoms with Gasteiger partial charge in [-0.3, -0.25) is 0 Å². The van der Waals surface area contributed by atoms with Crippen molar-refractivity contribution in [1.82, 2.24) is 0 Å². The van der Waals surface area contributed by atoms with Gasteiger partial charge in [-0.1, -0.05) is 75.5 Å². The maximum atomic E-state index is 13.6. The van der Waals surface area contributed by atoms with Gasteiger partial charge in [-0.25, -0.2) is 0 Å². The largest absolute Gasteiger partial charge is 0.867 e. The fourth-order valence-electron chi connectivity index (χ4n) is 3.51. The van der Waals surface area contributed by atoms with Gasteiger partial charge >= 0.3 is 0 Å². The first-order valence-electron chi connectivity index (χ1n) is 10.5. The number of hydrogen-bond acceptors (Lipinski definition) is 2. The molecule has 3 rings (SSSR count). The van der Waals surface area contributed by atoms with Gasteiger partial charge in [-0.15, -0.1) is 0 Å². The fourth-order valence-corrected chi connectivity index (χ4v) is 3.81. The average molecular weight is 431 g/mol. The van der Waals surface area contributed by atoms with Gasteiger partial charge in [0, 0.05) is 17.3 Å². The molecule has 0 saturated carbocycles. The van der Waals surface area contributed by atoms with Crippen LogP contribution in [0.15, 0.2) is 67.0 Å². The van der Waals surface area contributed by atoms with Crippen LogP contribution >= 0.6 is 12.2 Å². The summed E-state index contributed by atoms with van der Waals surface area (Å²) in [7, 11) is 0. The van der Waals surface area contributed by atoms with Gasteiger partial charge in [0.15, 0.2) is 17.4 Å². The second-order valence-corrected chi connectivity index (χ2v) is 9.42. The van der Waals surface area contributed by atoms with E-state index in [-0.39, 0.29) is 11.2 Å². The molecule has 3 aromatic rings. The second kappa shape index (κ2) is 9.03. The first kappa shape index (κ1) is 22.7. The lowest BCUT2D eigenvalue weighted by Crippen LogP contribution is -2.40. The zero-order valence-corrected chi connectivity index (χ0v) is 19.9. The molecule has 0 unspecified atom stereocenters. The molecule has 3 nitrogen and oxygen atoms in total.